The van der Waals surface area contributed by atoms with Crippen molar-refractivity contribution in [1.29, 1.82) is 0 Å². The van der Waals surface area contributed by atoms with Crippen LogP contribution in [0.3, 0.4) is 0 Å². The van der Waals surface area contributed by atoms with Gasteiger partial charge in [0, 0.05) is 19.0 Å². The average Bonchev–Trinajstić information content (AvgIpc) is 2.82. The van der Waals surface area contributed by atoms with Crippen molar-refractivity contribution < 1.29 is 0 Å². The van der Waals surface area contributed by atoms with E-state index in [1.54, 1.807) is 18.7 Å². The topological polar surface area (TPSA) is 72.7 Å². The molecule has 0 fully saturated rings. The maximum absolute atomic E-state index is 12.0. The lowest BCUT2D eigenvalue weighted by molar-refractivity contribution is 0.829. The number of nitrogens with one attached hydrogen (secondary N) is 1. The number of imidazole rings is 1. The molecule has 3 rings (SSSR count). The van der Waals surface area contributed by atoms with E-state index in [2.05, 4.69) is 9.97 Å². The Kier molecular flexibility index (Phi) is 3.84. The van der Waals surface area contributed by atoms with Gasteiger partial charge in [-0.3, -0.25) is 14.3 Å². The van der Waals surface area contributed by atoms with Crippen LogP contribution in [0.2, 0.25) is 5.02 Å². The van der Waals surface area contributed by atoms with Gasteiger partial charge in [-0.25, -0.2) is 9.78 Å². The largest absolute Gasteiger partial charge is 0.329 e. The molecule has 0 amide bonds. The van der Waals surface area contributed by atoms with Gasteiger partial charge in [-0.2, -0.15) is 0 Å². The second-order valence-electron chi connectivity index (χ2n) is 4.80. The molecule has 0 saturated heterocycles. The van der Waals surface area contributed by atoms with Crippen LogP contribution in [-0.4, -0.2) is 19.1 Å². The van der Waals surface area contributed by atoms with Crippen molar-refractivity contribution >= 4 is 34.5 Å². The van der Waals surface area contributed by atoms with E-state index in [-0.39, 0.29) is 0 Å². The zero-order valence-corrected chi connectivity index (χ0v) is 13.5. The molecule has 0 atom stereocenters. The van der Waals surface area contributed by atoms with E-state index < -0.39 is 11.2 Å². The summed E-state index contributed by atoms with van der Waals surface area (Å²) in [6.45, 7) is 0. The first-order chi connectivity index (χ1) is 10.5. The molecule has 1 aromatic carbocycles. The van der Waals surface area contributed by atoms with Crippen LogP contribution in [-0.2, 0) is 19.8 Å². The second-order valence-corrected chi connectivity index (χ2v) is 6.22. The van der Waals surface area contributed by atoms with E-state index in [0.717, 1.165) is 4.90 Å². The Balaban J connectivity index is 2.02. The predicted octanol–water partition coefficient (Wildman–Crippen LogP) is 1.91. The number of nitrogens with zero attached hydrogens (tertiary/aromatic N) is 3. The number of halogens is 1. The summed E-state index contributed by atoms with van der Waals surface area (Å²) in [4.78, 5) is 31.2. The van der Waals surface area contributed by atoms with Gasteiger partial charge in [0.1, 0.15) is 5.82 Å². The molecule has 0 bridgehead atoms. The Labute approximate surface area is 134 Å². The number of fused-ring (bicyclic) bond motifs is 1. The Bertz CT molecular complexity index is 973. The minimum atomic E-state index is -0.471. The fourth-order valence-electron chi connectivity index (χ4n) is 2.19. The predicted molar refractivity (Wildman–Crippen MR) is 87.6 cm³/mol. The first-order valence-electron chi connectivity index (χ1n) is 6.51. The van der Waals surface area contributed by atoms with Crippen molar-refractivity contribution in [2.45, 2.75) is 10.6 Å². The van der Waals surface area contributed by atoms with E-state index in [1.165, 1.54) is 16.3 Å². The number of aromatic nitrogens is 4. The van der Waals surface area contributed by atoms with E-state index in [0.29, 0.717) is 27.8 Å². The highest BCUT2D eigenvalue weighted by Gasteiger charge is 2.15. The van der Waals surface area contributed by atoms with Gasteiger partial charge in [-0.1, -0.05) is 23.7 Å². The summed E-state index contributed by atoms with van der Waals surface area (Å²) in [5.74, 6) is 1.24. The highest BCUT2D eigenvalue weighted by Crippen LogP contribution is 2.29. The number of aromatic amines is 1. The fraction of sp³-hybridized carbons (Fsp3) is 0.214. The first kappa shape index (κ1) is 14.9. The molecule has 0 aliphatic heterocycles. The molecule has 0 aliphatic carbocycles. The van der Waals surface area contributed by atoms with Gasteiger partial charge < -0.3 is 4.57 Å². The molecule has 1 N–H and O–H groups in total. The SMILES string of the molecule is Cn1c(CSc2ccccc2Cl)nc2c1c(=O)[nH]c(=O)n2C. The number of hydrogen-bond donors (Lipinski definition) is 1. The van der Waals surface area contributed by atoms with Gasteiger partial charge in [0.05, 0.1) is 10.8 Å². The van der Waals surface area contributed by atoms with E-state index >= 15 is 0 Å². The Morgan fingerprint density at radius 2 is 1.95 bits per heavy atom. The summed E-state index contributed by atoms with van der Waals surface area (Å²) in [5.41, 5.74) is -0.133. The highest BCUT2D eigenvalue weighted by molar-refractivity contribution is 7.98. The van der Waals surface area contributed by atoms with Gasteiger partial charge >= 0.3 is 5.69 Å². The molecule has 0 unspecified atom stereocenters. The first-order valence-corrected chi connectivity index (χ1v) is 7.87. The molecular formula is C14H13ClN4O2S. The maximum Gasteiger partial charge on any atom is 0.329 e. The smallest absolute Gasteiger partial charge is 0.325 e. The molecule has 3 aromatic rings. The molecule has 0 aliphatic rings. The van der Waals surface area contributed by atoms with Crippen molar-refractivity contribution in [1.82, 2.24) is 19.1 Å². The fourth-order valence-corrected chi connectivity index (χ4v) is 3.41. The third-order valence-corrected chi connectivity index (χ3v) is 4.93. The molecule has 0 radical (unpaired) electrons. The van der Waals surface area contributed by atoms with Crippen molar-refractivity contribution in [2.75, 3.05) is 0 Å². The minimum Gasteiger partial charge on any atom is -0.325 e. The maximum atomic E-state index is 12.0. The van der Waals surface area contributed by atoms with Crippen LogP contribution < -0.4 is 11.2 Å². The average molecular weight is 337 g/mol. The van der Waals surface area contributed by atoms with Crippen LogP contribution in [0.5, 0.6) is 0 Å². The van der Waals surface area contributed by atoms with Gasteiger partial charge in [0.15, 0.2) is 11.2 Å². The van der Waals surface area contributed by atoms with Crippen LogP contribution in [0.1, 0.15) is 5.82 Å². The van der Waals surface area contributed by atoms with Crippen molar-refractivity contribution in [2.24, 2.45) is 14.1 Å². The van der Waals surface area contributed by atoms with Gasteiger partial charge in [0.25, 0.3) is 5.56 Å². The van der Waals surface area contributed by atoms with Gasteiger partial charge in [-0.05, 0) is 12.1 Å². The number of rotatable bonds is 3. The monoisotopic (exact) mass is 336 g/mol. The lowest BCUT2D eigenvalue weighted by Gasteiger charge is -2.04. The summed E-state index contributed by atoms with van der Waals surface area (Å²) in [6, 6.07) is 7.54. The molecule has 2 heterocycles. The number of H-pyrrole nitrogens is 1. The third kappa shape index (κ3) is 2.46. The molecule has 0 saturated carbocycles. The Morgan fingerprint density at radius 1 is 1.23 bits per heavy atom. The lowest BCUT2D eigenvalue weighted by Crippen LogP contribution is -2.29. The molecule has 2 aromatic heterocycles. The van der Waals surface area contributed by atoms with Crippen LogP contribution in [0.25, 0.3) is 11.2 Å². The van der Waals surface area contributed by atoms with Crippen LogP contribution >= 0.6 is 23.4 Å². The third-order valence-electron chi connectivity index (χ3n) is 3.42. The molecular weight excluding hydrogens is 324 g/mol. The summed E-state index contributed by atoms with van der Waals surface area (Å²) >= 11 is 7.66. The van der Waals surface area contributed by atoms with Crippen molar-refractivity contribution in [3.63, 3.8) is 0 Å². The molecule has 114 valence electrons. The van der Waals surface area contributed by atoms with Gasteiger partial charge in [0.2, 0.25) is 0 Å². The number of hydrogen-bond acceptors (Lipinski definition) is 4. The highest BCUT2D eigenvalue weighted by atomic mass is 35.5. The standard InChI is InChI=1S/C14H13ClN4O2S/c1-18-10(7-22-9-6-4-3-5-8(9)15)16-12-11(18)13(20)17-14(21)19(12)2/h3-6H,7H2,1-2H3,(H,17,20,21). The van der Waals surface area contributed by atoms with Crippen molar-refractivity contribution in [3.05, 3.63) is 56.0 Å². The van der Waals surface area contributed by atoms with Crippen LogP contribution in [0.15, 0.2) is 38.8 Å². The summed E-state index contributed by atoms with van der Waals surface area (Å²) in [5, 5.41) is 0.677. The minimum absolute atomic E-state index is 0.381. The lowest BCUT2D eigenvalue weighted by atomic mass is 10.4. The summed E-state index contributed by atoms with van der Waals surface area (Å²) in [7, 11) is 3.34. The molecule has 22 heavy (non-hydrogen) atoms. The van der Waals surface area contributed by atoms with E-state index in [4.69, 9.17) is 11.6 Å². The molecule has 0 spiro atoms. The van der Waals surface area contributed by atoms with Gasteiger partial charge in [-0.15, -0.1) is 11.8 Å². The number of benzene rings is 1. The van der Waals surface area contributed by atoms with E-state index in [1.807, 2.05) is 24.3 Å². The summed E-state index contributed by atoms with van der Waals surface area (Å²) in [6.07, 6.45) is 0. The molecule has 8 heteroatoms. The Hall–Kier alpha value is -1.99. The molecule has 6 nitrogen and oxygen atoms in total. The van der Waals surface area contributed by atoms with E-state index in [9.17, 15) is 9.59 Å². The number of aryl methyl sites for hydroxylation is 2. The van der Waals surface area contributed by atoms with Crippen LogP contribution in [0, 0.1) is 0 Å². The number of thioether (sulfide) groups is 1. The zero-order chi connectivity index (χ0) is 15.9. The second kappa shape index (κ2) is 5.66. The zero-order valence-electron chi connectivity index (χ0n) is 12.0. The Morgan fingerprint density at radius 3 is 2.68 bits per heavy atom. The van der Waals surface area contributed by atoms with Crippen molar-refractivity contribution in [3.8, 4) is 0 Å². The normalized spacial score (nSPS) is 11.2. The quantitative estimate of drug-likeness (QED) is 0.741. The van der Waals surface area contributed by atoms with Crippen LogP contribution in [0.4, 0.5) is 0 Å². The summed E-state index contributed by atoms with van der Waals surface area (Å²) < 4.78 is 3.04.